The molecule has 0 radical (unpaired) electrons. The number of carbonyl (C=O) groups excluding carboxylic acids is 6. The van der Waals surface area contributed by atoms with Crippen LogP contribution < -0.4 is 25.8 Å². The summed E-state index contributed by atoms with van der Waals surface area (Å²) >= 11 is 0. The number of carbonyl (C=O) groups is 6. The molecular formula is C65H79F5N11O15P. The lowest BCUT2D eigenvalue weighted by Crippen LogP contribution is -2.54. The number of benzene rings is 4. The average Bonchev–Trinajstić information content (AvgIpc) is 1.62. The molecule has 0 aliphatic carbocycles. The molecule has 4 fully saturated rings. The maximum Gasteiger partial charge on any atom is 0.470 e. The second-order valence-electron chi connectivity index (χ2n) is 25.0. The summed E-state index contributed by atoms with van der Waals surface area (Å²) in [6, 6.07) is 6.05. The number of alkyl carbamates (subject to hydrolysis) is 2. The minimum absolute atomic E-state index is 0.000639. The van der Waals surface area contributed by atoms with Crippen LogP contribution in [0.3, 0.4) is 0 Å². The SMILES string of the molecule is COC(=O)N[C@H](C(=O)N1CCC[C@H]1c1nc2cc(F)c([C@H]3CC[C@H](c4cc5nc([C@@H]6CCCN6C(=O)[C@@H](NC(=O)OC)[C@@H](C)OC)n(COC(=O)[C@@H](NC(=O)COP(=O)(O)O)C(C)C)c5cc4F)N3c3cc(F)c(N4CCC(c5ccc(F)cc5)CC4)c(F)c3)cc2[nH]1)[C@@H](C)OC. The minimum atomic E-state index is -5.09. The minimum Gasteiger partial charge on any atom is -0.453 e. The van der Waals surface area contributed by atoms with Crippen LogP contribution >= 0.6 is 7.82 Å². The van der Waals surface area contributed by atoms with Gasteiger partial charge in [0, 0.05) is 69.3 Å². The Hall–Kier alpha value is -8.48. The fourth-order valence-corrected chi connectivity index (χ4v) is 14.0. The van der Waals surface area contributed by atoms with Crippen LogP contribution in [0.2, 0.25) is 0 Å². The number of amides is 5. The van der Waals surface area contributed by atoms with E-state index in [0.29, 0.717) is 50.0 Å². The average molecular weight is 1380 g/mol. The van der Waals surface area contributed by atoms with E-state index in [4.69, 9.17) is 33.7 Å². The van der Waals surface area contributed by atoms with Gasteiger partial charge in [-0.25, -0.2) is 50.9 Å². The molecule has 524 valence electrons. The number of esters is 1. The highest BCUT2D eigenvalue weighted by Crippen LogP contribution is 2.51. The first-order valence-electron chi connectivity index (χ1n) is 31.9. The summed E-state index contributed by atoms with van der Waals surface area (Å²) in [5, 5.41) is 7.44. The number of phosphoric ester groups is 1. The number of nitrogens with zero attached hydrogens (tertiary/aromatic N) is 7. The highest BCUT2D eigenvalue weighted by Gasteiger charge is 2.44. The van der Waals surface area contributed by atoms with Crippen LogP contribution in [0.4, 0.5) is 42.9 Å². The van der Waals surface area contributed by atoms with Gasteiger partial charge in [0.2, 0.25) is 17.7 Å². The van der Waals surface area contributed by atoms with Crippen molar-refractivity contribution in [2.24, 2.45) is 5.92 Å². The fraction of sp³-hybridized carbons (Fsp3) is 0.508. The van der Waals surface area contributed by atoms with E-state index in [1.807, 2.05) is 0 Å². The molecule has 0 unspecified atom stereocenters. The molecule has 26 nitrogen and oxygen atoms in total. The number of methoxy groups -OCH3 is 4. The van der Waals surface area contributed by atoms with E-state index >= 15 is 17.6 Å². The first-order valence-corrected chi connectivity index (χ1v) is 33.4. The summed E-state index contributed by atoms with van der Waals surface area (Å²) in [6.07, 6.45) is -0.631. The van der Waals surface area contributed by atoms with Crippen LogP contribution in [0.25, 0.3) is 22.1 Å². The smallest absolute Gasteiger partial charge is 0.453 e. The number of hydrogen-bond donors (Lipinski definition) is 6. The van der Waals surface area contributed by atoms with Gasteiger partial charge in [0.05, 0.1) is 72.7 Å². The standard InChI is InChI=1S/C65H79F5N11O15P/c1-33(2)55(74-54(82)31-96-97(88,89)90)63(85)95-32-80-53-30-43(68)41(28-48(53)73-60(80)52-12-10-22-79(52)62(84)57(35(4)92-6)76-65(87)94-8)50-18-17-49(81(50)39-25-44(69)58(45(70)26-39)77-23-19-37(20-24-77)36-13-15-38(66)16-14-36)40-27-46-47(29-42(40)67)72-59(71-46)51-11-9-21-78(51)61(83)56(34(3)91-5)75-64(86)93-7/h13-16,25-30,33-35,37,49-52,55-57H,9-12,17-24,31-32H2,1-8H3,(H,71,72)(H,74,82)(H,75,86)(H,76,87)(H2,88,89,90)/t34-,35-,49-,50-,51+,52+,55+,56+,57+/m1/s1. The first kappa shape index (κ1) is 71.3. The normalized spacial score (nSPS) is 20.1. The predicted octanol–water partition coefficient (Wildman–Crippen LogP) is 8.67. The van der Waals surface area contributed by atoms with Crippen molar-refractivity contribution >= 4 is 77.1 Å². The summed E-state index contributed by atoms with van der Waals surface area (Å²) in [6.45, 7) is 5.41. The van der Waals surface area contributed by atoms with Crippen LogP contribution in [0, 0.1) is 35.0 Å². The second-order valence-corrected chi connectivity index (χ2v) is 26.2. The van der Waals surface area contributed by atoms with Crippen LogP contribution in [-0.4, -0.2) is 167 Å². The van der Waals surface area contributed by atoms with Gasteiger partial charge < -0.3 is 74.0 Å². The molecule has 4 aliphatic heterocycles. The summed E-state index contributed by atoms with van der Waals surface area (Å²) in [5.41, 5.74) is 1.15. The van der Waals surface area contributed by atoms with E-state index in [0.717, 1.165) is 30.9 Å². The highest BCUT2D eigenvalue weighted by atomic mass is 31.2. The Morgan fingerprint density at radius 2 is 1.20 bits per heavy atom. The quantitative estimate of drug-likeness (QED) is 0.0151. The van der Waals surface area contributed by atoms with Gasteiger partial charge in [-0.1, -0.05) is 26.0 Å². The molecule has 2 aromatic heterocycles. The lowest BCUT2D eigenvalue weighted by atomic mass is 9.89. The number of phosphoric acid groups is 1. The maximum atomic E-state index is 17.9. The largest absolute Gasteiger partial charge is 0.470 e. The predicted molar refractivity (Wildman–Crippen MR) is 340 cm³/mol. The number of fused-ring (bicyclic) bond motifs is 2. The van der Waals surface area contributed by atoms with Crippen molar-refractivity contribution in [1.29, 1.82) is 0 Å². The lowest BCUT2D eigenvalue weighted by molar-refractivity contribution is -0.153. The number of piperidine rings is 1. The number of aromatic amines is 1. The summed E-state index contributed by atoms with van der Waals surface area (Å²) in [5.74, 6) is -7.39. The van der Waals surface area contributed by atoms with Crippen LogP contribution in [0.5, 0.6) is 0 Å². The monoisotopic (exact) mass is 1380 g/mol. The molecule has 6 aromatic rings. The fourth-order valence-electron chi connectivity index (χ4n) is 13.7. The Morgan fingerprint density at radius 3 is 1.75 bits per heavy atom. The molecular weight excluding hydrogens is 1300 g/mol. The van der Waals surface area contributed by atoms with Crippen LogP contribution in [0.15, 0.2) is 60.7 Å². The number of ether oxygens (including phenoxy) is 5. The topological polar surface area (TPSA) is 311 Å². The summed E-state index contributed by atoms with van der Waals surface area (Å²) < 4.78 is 127. The molecule has 0 bridgehead atoms. The Bertz CT molecular complexity index is 3940. The van der Waals surface area contributed by atoms with E-state index in [2.05, 4.69) is 25.5 Å². The number of likely N-dealkylation sites (tertiary alicyclic amines) is 2. The Morgan fingerprint density at radius 1 is 0.639 bits per heavy atom. The Kier molecular flexibility index (Phi) is 22.1. The van der Waals surface area contributed by atoms with Crippen molar-refractivity contribution in [2.45, 2.75) is 146 Å². The Labute approximate surface area is 555 Å². The zero-order chi connectivity index (χ0) is 69.9. The van der Waals surface area contributed by atoms with E-state index in [9.17, 15) is 47.5 Å². The maximum absolute atomic E-state index is 17.9. The van der Waals surface area contributed by atoms with E-state index in [1.54, 1.807) is 54.5 Å². The van der Waals surface area contributed by atoms with Crippen molar-refractivity contribution in [3.63, 3.8) is 0 Å². The molecule has 0 saturated carbocycles. The van der Waals surface area contributed by atoms with Crippen molar-refractivity contribution in [1.82, 2.24) is 45.3 Å². The molecule has 10 rings (SSSR count). The van der Waals surface area contributed by atoms with Crippen molar-refractivity contribution in [2.75, 3.05) is 71.0 Å². The first-order chi connectivity index (χ1) is 46.2. The summed E-state index contributed by atoms with van der Waals surface area (Å²) in [4.78, 5) is 118. The zero-order valence-corrected chi connectivity index (χ0v) is 55.6. The van der Waals surface area contributed by atoms with Gasteiger partial charge in [-0.15, -0.1) is 0 Å². The zero-order valence-electron chi connectivity index (χ0n) is 54.7. The van der Waals surface area contributed by atoms with Crippen molar-refractivity contribution < 1.29 is 93.3 Å². The molecule has 32 heteroatoms. The molecule has 4 aromatic carbocycles. The number of halogens is 5. The van der Waals surface area contributed by atoms with Crippen LogP contribution in [0.1, 0.15) is 137 Å². The van der Waals surface area contributed by atoms with Crippen molar-refractivity contribution in [3.8, 4) is 0 Å². The number of anilines is 2. The van der Waals surface area contributed by atoms with E-state index in [1.165, 1.54) is 61.1 Å². The lowest BCUT2D eigenvalue weighted by Gasteiger charge is -2.36. The number of H-pyrrole nitrogens is 1. The molecule has 0 spiro atoms. The van der Waals surface area contributed by atoms with E-state index in [-0.39, 0.29) is 95.5 Å². The van der Waals surface area contributed by atoms with Crippen LogP contribution in [-0.2, 0) is 58.7 Å². The van der Waals surface area contributed by atoms with Gasteiger partial charge in [0.1, 0.15) is 59.5 Å². The van der Waals surface area contributed by atoms with Gasteiger partial charge >= 0.3 is 26.0 Å². The van der Waals surface area contributed by atoms with Gasteiger partial charge in [-0.05, 0) is 119 Å². The molecule has 6 heterocycles. The Balaban J connectivity index is 1.05. The van der Waals surface area contributed by atoms with Gasteiger partial charge in [0.15, 0.2) is 18.4 Å². The highest BCUT2D eigenvalue weighted by molar-refractivity contribution is 7.46. The number of aromatic nitrogens is 4. The van der Waals surface area contributed by atoms with Crippen molar-refractivity contribution in [3.05, 3.63) is 118 Å². The van der Waals surface area contributed by atoms with Gasteiger partial charge in [-0.2, -0.15) is 0 Å². The third-order valence-electron chi connectivity index (χ3n) is 18.8. The second kappa shape index (κ2) is 30.1. The van der Waals surface area contributed by atoms with E-state index < -0.39 is 141 Å². The number of nitrogens with one attached hydrogen (secondary N) is 4. The number of hydrogen-bond acceptors (Lipinski definition) is 17. The third kappa shape index (κ3) is 15.5. The third-order valence-corrected chi connectivity index (χ3v) is 19.3. The molecule has 6 N–H and O–H groups in total. The number of rotatable bonds is 23. The molecule has 5 amide bonds. The van der Waals surface area contributed by atoms with Gasteiger partial charge in [-0.3, -0.25) is 23.5 Å². The summed E-state index contributed by atoms with van der Waals surface area (Å²) in [7, 11) is -0.0640. The number of imidazole rings is 2. The molecule has 4 aliphatic rings. The van der Waals surface area contributed by atoms with Gasteiger partial charge in [0.25, 0.3) is 0 Å². The molecule has 97 heavy (non-hydrogen) atoms. The molecule has 9 atom stereocenters. The molecule has 4 saturated heterocycles.